The molecule has 0 radical (unpaired) electrons. The van der Waals surface area contributed by atoms with E-state index in [1.54, 1.807) is 13.8 Å². The van der Waals surface area contributed by atoms with Crippen molar-refractivity contribution in [2.24, 2.45) is 0 Å². The lowest BCUT2D eigenvalue weighted by molar-refractivity contribution is -0.146. The van der Waals surface area contributed by atoms with Crippen molar-refractivity contribution < 1.29 is 9.53 Å². The number of hydrogen-bond acceptors (Lipinski definition) is 5. The molecular formula is C19H20N2O3S. The fourth-order valence-electron chi connectivity index (χ4n) is 2.82. The summed E-state index contributed by atoms with van der Waals surface area (Å²) < 4.78 is 6.38. The van der Waals surface area contributed by atoms with Crippen LogP contribution < -0.4 is 5.56 Å². The zero-order chi connectivity index (χ0) is 18.1. The number of rotatable bonds is 4. The van der Waals surface area contributed by atoms with Crippen molar-refractivity contribution in [3.05, 3.63) is 51.4 Å². The minimum Gasteiger partial charge on any atom is -0.464 e. The smallest absolute Gasteiger partial charge is 0.328 e. The van der Waals surface area contributed by atoms with Crippen LogP contribution in [0.25, 0.3) is 21.3 Å². The summed E-state index contributed by atoms with van der Waals surface area (Å²) in [5.74, 6) is -0.436. The van der Waals surface area contributed by atoms with Crippen LogP contribution in [-0.4, -0.2) is 22.1 Å². The van der Waals surface area contributed by atoms with Crippen molar-refractivity contribution in [1.29, 1.82) is 0 Å². The van der Waals surface area contributed by atoms with E-state index in [2.05, 4.69) is 11.1 Å². The van der Waals surface area contributed by atoms with Gasteiger partial charge >= 0.3 is 5.97 Å². The molecule has 5 nitrogen and oxygen atoms in total. The van der Waals surface area contributed by atoms with E-state index in [-0.39, 0.29) is 12.2 Å². The van der Waals surface area contributed by atoms with Crippen molar-refractivity contribution in [2.45, 2.75) is 33.7 Å². The van der Waals surface area contributed by atoms with Crippen LogP contribution in [0.4, 0.5) is 0 Å². The van der Waals surface area contributed by atoms with E-state index in [1.807, 2.05) is 31.4 Å². The molecule has 1 aromatic carbocycles. The van der Waals surface area contributed by atoms with Gasteiger partial charge in [0.25, 0.3) is 5.56 Å². The van der Waals surface area contributed by atoms with Crippen LogP contribution in [0.2, 0.25) is 0 Å². The molecular weight excluding hydrogens is 336 g/mol. The number of benzene rings is 1. The Morgan fingerprint density at radius 1 is 1.32 bits per heavy atom. The predicted octanol–water partition coefficient (Wildman–Crippen LogP) is 3.87. The number of aryl methyl sites for hydroxylation is 2. The van der Waals surface area contributed by atoms with E-state index < -0.39 is 12.0 Å². The lowest BCUT2D eigenvalue weighted by Crippen LogP contribution is -2.29. The Kier molecular flexibility index (Phi) is 4.72. The second-order valence-corrected chi connectivity index (χ2v) is 6.89. The van der Waals surface area contributed by atoms with Crippen LogP contribution in [0, 0.1) is 13.8 Å². The monoisotopic (exact) mass is 356 g/mol. The minimum absolute atomic E-state index is 0.220. The average molecular weight is 356 g/mol. The molecule has 3 rings (SSSR count). The summed E-state index contributed by atoms with van der Waals surface area (Å²) in [6.45, 7) is 7.72. The summed E-state index contributed by atoms with van der Waals surface area (Å²) >= 11 is 1.44. The van der Waals surface area contributed by atoms with E-state index in [9.17, 15) is 9.59 Å². The number of ether oxygens (including phenoxy) is 1. The molecule has 0 fully saturated rings. The third kappa shape index (κ3) is 3.09. The zero-order valence-electron chi connectivity index (χ0n) is 14.7. The van der Waals surface area contributed by atoms with Gasteiger partial charge in [-0.2, -0.15) is 0 Å². The van der Waals surface area contributed by atoms with E-state index in [0.717, 1.165) is 22.3 Å². The number of esters is 1. The van der Waals surface area contributed by atoms with E-state index >= 15 is 0 Å². The summed E-state index contributed by atoms with van der Waals surface area (Å²) in [6.07, 6.45) is 1.43. The molecule has 3 aromatic rings. The molecule has 0 saturated carbocycles. The zero-order valence-corrected chi connectivity index (χ0v) is 15.5. The summed E-state index contributed by atoms with van der Waals surface area (Å²) in [5, 5.41) is 2.51. The first-order valence-corrected chi connectivity index (χ1v) is 9.04. The van der Waals surface area contributed by atoms with Crippen LogP contribution in [0.5, 0.6) is 0 Å². The fraction of sp³-hybridized carbons (Fsp3) is 0.316. The van der Waals surface area contributed by atoms with Gasteiger partial charge in [-0.05, 0) is 38.8 Å². The number of nitrogens with zero attached hydrogens (tertiary/aromatic N) is 2. The maximum absolute atomic E-state index is 13.1. The number of thiophene rings is 1. The molecule has 25 heavy (non-hydrogen) atoms. The Morgan fingerprint density at radius 2 is 2.08 bits per heavy atom. The molecule has 0 spiro atoms. The maximum Gasteiger partial charge on any atom is 0.328 e. The van der Waals surface area contributed by atoms with Gasteiger partial charge < -0.3 is 4.74 Å². The SMILES string of the molecule is CCOC(=O)[C@@H](C)n1cnc2scc(-c3cc(C)ccc3C)c2c1=O. The molecule has 0 aliphatic rings. The normalized spacial score (nSPS) is 12.3. The van der Waals surface area contributed by atoms with Crippen LogP contribution in [-0.2, 0) is 9.53 Å². The van der Waals surface area contributed by atoms with Gasteiger partial charge in [-0.15, -0.1) is 11.3 Å². The van der Waals surface area contributed by atoms with E-state index in [1.165, 1.54) is 22.2 Å². The summed E-state index contributed by atoms with van der Waals surface area (Å²) in [6, 6.07) is 5.45. The van der Waals surface area contributed by atoms with Crippen molar-refractivity contribution >= 4 is 27.5 Å². The molecule has 0 N–H and O–H groups in total. The molecule has 0 aliphatic carbocycles. The van der Waals surface area contributed by atoms with Crippen molar-refractivity contribution in [3.63, 3.8) is 0 Å². The highest BCUT2D eigenvalue weighted by atomic mass is 32.1. The molecule has 0 aliphatic heterocycles. The summed E-state index contributed by atoms with van der Waals surface area (Å²) in [4.78, 5) is 30.1. The third-order valence-corrected chi connectivity index (χ3v) is 5.13. The van der Waals surface area contributed by atoms with E-state index in [0.29, 0.717) is 10.2 Å². The summed E-state index contributed by atoms with van der Waals surface area (Å²) in [7, 11) is 0. The Balaban J connectivity index is 2.20. The third-order valence-electron chi connectivity index (χ3n) is 4.25. The highest BCUT2D eigenvalue weighted by Crippen LogP contribution is 2.33. The average Bonchev–Trinajstić information content (AvgIpc) is 3.02. The quantitative estimate of drug-likeness (QED) is 0.666. The van der Waals surface area contributed by atoms with Gasteiger partial charge in [0.2, 0.25) is 0 Å². The van der Waals surface area contributed by atoms with Gasteiger partial charge in [-0.25, -0.2) is 9.78 Å². The number of fused-ring (bicyclic) bond motifs is 1. The second kappa shape index (κ2) is 6.80. The molecule has 0 saturated heterocycles. The predicted molar refractivity (Wildman–Crippen MR) is 100 cm³/mol. The molecule has 0 bridgehead atoms. The van der Waals surface area contributed by atoms with Crippen LogP contribution in [0.1, 0.15) is 31.0 Å². The van der Waals surface area contributed by atoms with Gasteiger partial charge in [-0.1, -0.05) is 23.8 Å². The molecule has 2 aromatic heterocycles. The topological polar surface area (TPSA) is 61.2 Å². The van der Waals surface area contributed by atoms with Crippen LogP contribution in [0.15, 0.2) is 34.7 Å². The number of carbonyl (C=O) groups is 1. The highest BCUT2D eigenvalue weighted by Gasteiger charge is 2.21. The Hall–Kier alpha value is -2.47. The first-order valence-electron chi connectivity index (χ1n) is 8.16. The van der Waals surface area contributed by atoms with Crippen molar-refractivity contribution in [2.75, 3.05) is 6.61 Å². The largest absolute Gasteiger partial charge is 0.464 e. The van der Waals surface area contributed by atoms with Crippen molar-refractivity contribution in [3.8, 4) is 11.1 Å². The van der Waals surface area contributed by atoms with Gasteiger partial charge in [-0.3, -0.25) is 9.36 Å². The number of hydrogen-bond donors (Lipinski definition) is 0. The van der Waals surface area contributed by atoms with Crippen LogP contribution in [0.3, 0.4) is 0 Å². The molecule has 1 atom stereocenters. The van der Waals surface area contributed by atoms with E-state index in [4.69, 9.17) is 4.74 Å². The first kappa shape index (κ1) is 17.4. The lowest BCUT2D eigenvalue weighted by atomic mass is 9.99. The number of carbonyl (C=O) groups excluding carboxylic acids is 1. The molecule has 6 heteroatoms. The molecule has 2 heterocycles. The van der Waals surface area contributed by atoms with Gasteiger partial charge in [0.15, 0.2) is 0 Å². The van der Waals surface area contributed by atoms with Gasteiger partial charge in [0.05, 0.1) is 18.3 Å². The van der Waals surface area contributed by atoms with Crippen LogP contribution >= 0.6 is 11.3 Å². The highest BCUT2D eigenvalue weighted by molar-refractivity contribution is 7.17. The second-order valence-electron chi connectivity index (χ2n) is 6.03. The Morgan fingerprint density at radius 3 is 2.80 bits per heavy atom. The Bertz CT molecular complexity index is 1000. The lowest BCUT2D eigenvalue weighted by Gasteiger charge is -2.13. The first-order chi connectivity index (χ1) is 11.9. The van der Waals surface area contributed by atoms with Gasteiger partial charge in [0.1, 0.15) is 10.9 Å². The molecule has 130 valence electrons. The fourth-order valence-corrected chi connectivity index (χ4v) is 3.72. The minimum atomic E-state index is -0.712. The van der Waals surface area contributed by atoms with Gasteiger partial charge in [0, 0.05) is 10.9 Å². The Labute approximate surface area is 149 Å². The number of aromatic nitrogens is 2. The molecule has 0 amide bonds. The molecule has 0 unspecified atom stereocenters. The summed E-state index contributed by atoms with van der Waals surface area (Å²) in [5.41, 5.74) is 3.89. The standard InChI is InChI=1S/C19H20N2O3S/c1-5-24-19(23)13(4)21-10-20-17-16(18(21)22)15(9-25-17)14-8-11(2)6-7-12(14)3/h6-10,13H,5H2,1-4H3/t13-/m1/s1. The van der Waals surface area contributed by atoms with Crippen molar-refractivity contribution in [1.82, 2.24) is 9.55 Å². The maximum atomic E-state index is 13.1.